The number of guanidine groups is 1. The highest BCUT2D eigenvalue weighted by Crippen LogP contribution is 2.14. The average Bonchev–Trinajstić information content (AvgIpc) is 3.21. The maximum absolute atomic E-state index is 4.65. The molecule has 0 atom stereocenters. The monoisotopic (exact) mass is 454 g/mol. The van der Waals surface area contributed by atoms with Gasteiger partial charge in [0.05, 0.1) is 0 Å². The molecule has 0 bridgehead atoms. The first kappa shape index (κ1) is 19.7. The second-order valence-corrected chi connectivity index (χ2v) is 6.00. The van der Waals surface area contributed by atoms with E-state index in [9.17, 15) is 0 Å². The molecule has 2 heterocycles. The summed E-state index contributed by atoms with van der Waals surface area (Å²) < 4.78 is 2.20. The molecule has 0 aliphatic carbocycles. The summed E-state index contributed by atoms with van der Waals surface area (Å²) >= 11 is 0. The topological polar surface area (TPSA) is 67.1 Å². The van der Waals surface area contributed by atoms with Crippen LogP contribution in [-0.2, 0) is 25.9 Å². The zero-order chi connectivity index (χ0) is 16.6. The van der Waals surface area contributed by atoms with Crippen molar-refractivity contribution in [2.45, 2.75) is 45.7 Å². The number of fused-ring (bicyclic) bond motifs is 1. The van der Waals surface area contributed by atoms with Crippen LogP contribution in [0.3, 0.4) is 0 Å². The molecule has 2 aromatic rings. The van der Waals surface area contributed by atoms with Gasteiger partial charge in [0.2, 0.25) is 0 Å². The Kier molecular flexibility index (Phi) is 8.17. The molecule has 0 fully saturated rings. The summed E-state index contributed by atoms with van der Waals surface area (Å²) in [5, 5.41) is 15.2. The molecule has 0 saturated carbocycles. The highest BCUT2D eigenvalue weighted by atomic mass is 127. The van der Waals surface area contributed by atoms with Crippen LogP contribution in [-0.4, -0.2) is 33.8 Å². The van der Waals surface area contributed by atoms with E-state index in [1.807, 2.05) is 0 Å². The number of halogens is 1. The number of benzene rings is 1. The number of hydrogen-bond donors (Lipinski definition) is 2. The van der Waals surface area contributed by atoms with Gasteiger partial charge in [-0.25, -0.2) is 4.99 Å². The molecule has 0 amide bonds. The van der Waals surface area contributed by atoms with Crippen LogP contribution in [0, 0.1) is 0 Å². The van der Waals surface area contributed by atoms with Gasteiger partial charge >= 0.3 is 0 Å². The van der Waals surface area contributed by atoms with Crippen LogP contribution in [0.25, 0.3) is 0 Å². The van der Waals surface area contributed by atoms with Gasteiger partial charge in [0.25, 0.3) is 0 Å². The molecule has 7 heteroatoms. The van der Waals surface area contributed by atoms with E-state index in [-0.39, 0.29) is 24.0 Å². The molecule has 2 N–H and O–H groups in total. The van der Waals surface area contributed by atoms with Crippen molar-refractivity contribution in [1.29, 1.82) is 0 Å². The van der Waals surface area contributed by atoms with Crippen molar-refractivity contribution in [3.8, 4) is 0 Å². The zero-order valence-corrected chi connectivity index (χ0v) is 17.1. The highest BCUT2D eigenvalue weighted by molar-refractivity contribution is 14.0. The minimum atomic E-state index is 0. The fourth-order valence-electron chi connectivity index (χ4n) is 2.96. The molecule has 1 aliphatic heterocycles. The predicted molar refractivity (Wildman–Crippen MR) is 111 cm³/mol. The van der Waals surface area contributed by atoms with E-state index >= 15 is 0 Å². The lowest BCUT2D eigenvalue weighted by molar-refractivity contribution is 0.682. The summed E-state index contributed by atoms with van der Waals surface area (Å²) in [5.41, 5.74) is 1.38. The molecule has 0 unspecified atom stereocenters. The summed E-state index contributed by atoms with van der Waals surface area (Å²) in [6.45, 7) is 5.42. The lowest BCUT2D eigenvalue weighted by Gasteiger charge is -2.11. The van der Waals surface area contributed by atoms with Gasteiger partial charge in [-0.05, 0) is 31.7 Å². The third-order valence-corrected chi connectivity index (χ3v) is 4.19. The van der Waals surface area contributed by atoms with Crippen molar-refractivity contribution >= 4 is 29.9 Å². The Morgan fingerprint density at radius 3 is 2.84 bits per heavy atom. The molecule has 0 saturated heterocycles. The van der Waals surface area contributed by atoms with Gasteiger partial charge in [-0.2, -0.15) is 0 Å². The van der Waals surface area contributed by atoms with E-state index in [0.29, 0.717) is 6.54 Å². The first-order valence-corrected chi connectivity index (χ1v) is 8.84. The average molecular weight is 454 g/mol. The minimum Gasteiger partial charge on any atom is -0.357 e. The maximum Gasteiger partial charge on any atom is 0.191 e. The van der Waals surface area contributed by atoms with Crippen LogP contribution in [0.1, 0.15) is 37.0 Å². The lowest BCUT2D eigenvalue weighted by atomic mass is 10.1. The third-order valence-electron chi connectivity index (χ3n) is 4.19. The van der Waals surface area contributed by atoms with Crippen molar-refractivity contribution < 1.29 is 0 Å². The first-order valence-electron chi connectivity index (χ1n) is 8.84. The van der Waals surface area contributed by atoms with Gasteiger partial charge in [0, 0.05) is 26.1 Å². The van der Waals surface area contributed by atoms with Crippen molar-refractivity contribution in [3.63, 3.8) is 0 Å². The van der Waals surface area contributed by atoms with Crippen LogP contribution < -0.4 is 10.6 Å². The largest absolute Gasteiger partial charge is 0.357 e. The summed E-state index contributed by atoms with van der Waals surface area (Å²) in [6.07, 6.45) is 4.35. The number of aliphatic imine (C=N–C) groups is 1. The van der Waals surface area contributed by atoms with E-state index in [1.165, 1.54) is 12.0 Å². The number of nitrogens with zero attached hydrogens (tertiary/aromatic N) is 4. The molecule has 0 radical (unpaired) electrons. The van der Waals surface area contributed by atoms with Crippen molar-refractivity contribution in [2.75, 3.05) is 13.1 Å². The van der Waals surface area contributed by atoms with E-state index in [2.05, 4.69) is 67.6 Å². The van der Waals surface area contributed by atoms with Crippen molar-refractivity contribution in [1.82, 2.24) is 25.4 Å². The molecule has 136 valence electrons. The maximum atomic E-state index is 4.65. The SMILES string of the molecule is CCNC(=NCc1nnc2n1CCC2)NCCCc1ccccc1.I. The van der Waals surface area contributed by atoms with E-state index < -0.39 is 0 Å². The zero-order valence-electron chi connectivity index (χ0n) is 14.7. The fourth-order valence-corrected chi connectivity index (χ4v) is 2.96. The minimum absolute atomic E-state index is 0. The van der Waals surface area contributed by atoms with Crippen LogP contribution in [0.4, 0.5) is 0 Å². The summed E-state index contributed by atoms with van der Waals surface area (Å²) in [4.78, 5) is 4.65. The van der Waals surface area contributed by atoms with E-state index in [4.69, 9.17) is 0 Å². The second-order valence-electron chi connectivity index (χ2n) is 6.00. The van der Waals surface area contributed by atoms with Gasteiger partial charge in [-0.1, -0.05) is 30.3 Å². The Morgan fingerprint density at radius 1 is 1.20 bits per heavy atom. The second kappa shape index (κ2) is 10.4. The molecule has 1 aromatic carbocycles. The van der Waals surface area contributed by atoms with Crippen LogP contribution in [0.2, 0.25) is 0 Å². The number of aryl methyl sites for hydroxylation is 2. The van der Waals surface area contributed by atoms with Crippen LogP contribution >= 0.6 is 24.0 Å². The molecule has 1 aromatic heterocycles. The van der Waals surface area contributed by atoms with E-state index in [1.54, 1.807) is 0 Å². The summed E-state index contributed by atoms with van der Waals surface area (Å²) in [7, 11) is 0. The standard InChI is InChI=1S/C18H26N6.HI/c1-2-19-18(20-12-6-10-15-8-4-3-5-9-15)21-14-17-23-22-16-11-7-13-24(16)17;/h3-5,8-9H,2,6-7,10-14H2,1H3,(H2,19,20,21);1H. The number of nitrogens with one attached hydrogen (secondary N) is 2. The molecule has 0 spiro atoms. The Morgan fingerprint density at radius 2 is 2.04 bits per heavy atom. The van der Waals surface area contributed by atoms with Crippen LogP contribution in [0.15, 0.2) is 35.3 Å². The Bertz CT molecular complexity index is 667. The lowest BCUT2D eigenvalue weighted by Crippen LogP contribution is -2.38. The molecular weight excluding hydrogens is 427 g/mol. The molecule has 3 rings (SSSR count). The predicted octanol–water partition coefficient (Wildman–Crippen LogP) is 2.53. The molecule has 25 heavy (non-hydrogen) atoms. The van der Waals surface area contributed by atoms with Gasteiger partial charge in [-0.3, -0.25) is 0 Å². The molecular formula is C18H27IN6. The van der Waals surface area contributed by atoms with Gasteiger partial charge in [0.15, 0.2) is 11.8 Å². The Balaban J connectivity index is 0.00000225. The fraction of sp³-hybridized carbons (Fsp3) is 0.500. The smallest absolute Gasteiger partial charge is 0.191 e. The quantitative estimate of drug-likeness (QED) is 0.292. The normalized spacial score (nSPS) is 13.2. The number of hydrogen-bond acceptors (Lipinski definition) is 3. The first-order chi connectivity index (χ1) is 11.9. The number of aromatic nitrogens is 3. The van der Waals surface area contributed by atoms with Gasteiger partial charge in [0.1, 0.15) is 12.4 Å². The third kappa shape index (κ3) is 5.69. The Labute approximate surface area is 166 Å². The van der Waals surface area contributed by atoms with Crippen molar-refractivity contribution in [2.24, 2.45) is 4.99 Å². The van der Waals surface area contributed by atoms with Gasteiger partial charge in [-0.15, -0.1) is 34.2 Å². The van der Waals surface area contributed by atoms with Crippen LogP contribution in [0.5, 0.6) is 0 Å². The van der Waals surface area contributed by atoms with Crippen molar-refractivity contribution in [3.05, 3.63) is 47.5 Å². The molecule has 6 nitrogen and oxygen atoms in total. The number of rotatable bonds is 7. The van der Waals surface area contributed by atoms with Gasteiger partial charge < -0.3 is 15.2 Å². The summed E-state index contributed by atoms with van der Waals surface area (Å²) in [5.74, 6) is 2.91. The van der Waals surface area contributed by atoms with E-state index in [0.717, 1.165) is 56.5 Å². The highest BCUT2D eigenvalue weighted by Gasteiger charge is 2.16. The molecule has 1 aliphatic rings. The summed E-state index contributed by atoms with van der Waals surface area (Å²) in [6, 6.07) is 10.6. The Hall–Kier alpha value is -1.64.